The van der Waals surface area contributed by atoms with E-state index in [4.69, 9.17) is 0 Å². The highest BCUT2D eigenvalue weighted by Crippen LogP contribution is 2.30. The van der Waals surface area contributed by atoms with Crippen LogP contribution < -0.4 is 0 Å². The van der Waals surface area contributed by atoms with Crippen molar-refractivity contribution >= 4 is 32.6 Å². The lowest BCUT2D eigenvalue weighted by atomic mass is 10.1. The van der Waals surface area contributed by atoms with Gasteiger partial charge < -0.3 is 9.80 Å². The maximum absolute atomic E-state index is 12.2. The quantitative estimate of drug-likeness (QED) is 0.669. The van der Waals surface area contributed by atoms with Crippen LogP contribution in [-0.2, 0) is 4.79 Å². The molecule has 0 saturated carbocycles. The van der Waals surface area contributed by atoms with Crippen molar-refractivity contribution in [1.29, 1.82) is 0 Å². The van der Waals surface area contributed by atoms with Gasteiger partial charge in [-0.05, 0) is 29.8 Å². The summed E-state index contributed by atoms with van der Waals surface area (Å²) in [4.78, 5) is 32.8. The molecule has 0 aromatic rings. The minimum atomic E-state index is -0.428. The average Bonchev–Trinajstić information content (AvgIpc) is 2.61. The van der Waals surface area contributed by atoms with Crippen LogP contribution in [0.2, 0.25) is 0 Å². The van der Waals surface area contributed by atoms with E-state index in [0.717, 1.165) is 4.90 Å². The fourth-order valence-corrected chi connectivity index (χ4v) is 3.07. The van der Waals surface area contributed by atoms with Crippen LogP contribution >= 0.6 is 15.9 Å². The highest BCUT2D eigenvalue weighted by atomic mass is 79.9. The van der Waals surface area contributed by atoms with Crippen molar-refractivity contribution < 1.29 is 9.59 Å². The number of fused-ring (bicyclic) bond motifs is 1. The van der Waals surface area contributed by atoms with Crippen molar-refractivity contribution in [2.24, 2.45) is 4.99 Å². The van der Waals surface area contributed by atoms with E-state index in [1.54, 1.807) is 7.05 Å². The molecule has 1 fully saturated rings. The summed E-state index contributed by atoms with van der Waals surface area (Å²) in [5.74, 6) is -0.204. The number of nitrogens with zero attached hydrogens (tertiary/aromatic N) is 4. The van der Waals surface area contributed by atoms with Gasteiger partial charge in [-0.3, -0.25) is 9.69 Å². The van der Waals surface area contributed by atoms with Gasteiger partial charge in [-0.1, -0.05) is 0 Å². The first-order valence-corrected chi connectivity index (χ1v) is 6.21. The molecule has 2 heterocycles. The summed E-state index contributed by atoms with van der Waals surface area (Å²) >= 11 is 3.36. The molecule has 0 N–H and O–H groups in total. The van der Waals surface area contributed by atoms with Gasteiger partial charge in [-0.15, -0.1) is 0 Å². The van der Waals surface area contributed by atoms with Gasteiger partial charge in [-0.2, -0.15) is 0 Å². The molecule has 0 aromatic heterocycles. The molecule has 6 nitrogen and oxygen atoms in total. The first kappa shape index (κ1) is 12.3. The normalized spacial score (nSPS) is 29.1. The molecule has 7 heteroatoms. The Kier molecular flexibility index (Phi) is 2.89. The number of carbonyl (C=O) groups excluding carboxylic acids is 2. The molecule has 2 rings (SSSR count). The van der Waals surface area contributed by atoms with E-state index in [1.165, 1.54) is 11.9 Å². The lowest BCUT2D eigenvalue weighted by Crippen LogP contribution is -2.64. The Hall–Kier alpha value is -1.11. The van der Waals surface area contributed by atoms with Gasteiger partial charge in [0.25, 0.3) is 5.91 Å². The number of hydrogen-bond donors (Lipinski definition) is 0. The summed E-state index contributed by atoms with van der Waals surface area (Å²) in [6.45, 7) is 3.98. The maximum atomic E-state index is 12.2. The van der Waals surface area contributed by atoms with E-state index in [0.29, 0.717) is 4.74 Å². The summed E-state index contributed by atoms with van der Waals surface area (Å²) in [7, 11) is 3.17. The molecule has 2 atom stereocenters. The average molecular weight is 303 g/mol. The summed E-state index contributed by atoms with van der Waals surface area (Å²) in [5.41, 5.74) is 0. The summed E-state index contributed by atoms with van der Waals surface area (Å²) in [6, 6.07) is -0.593. The zero-order valence-electron chi connectivity index (χ0n) is 10.2. The number of amides is 3. The zero-order valence-corrected chi connectivity index (χ0v) is 11.8. The minimum absolute atomic E-state index is 0.141. The molecule has 0 bridgehead atoms. The number of hydrogen-bond acceptors (Lipinski definition) is 4. The van der Waals surface area contributed by atoms with Gasteiger partial charge in [0, 0.05) is 20.1 Å². The van der Waals surface area contributed by atoms with E-state index in [1.807, 2.05) is 18.7 Å². The van der Waals surface area contributed by atoms with E-state index >= 15 is 0 Å². The number of rotatable bonds is 1. The Morgan fingerprint density at radius 1 is 1.29 bits per heavy atom. The number of amidine groups is 1. The smallest absolute Gasteiger partial charge is 0.328 e. The van der Waals surface area contributed by atoms with Crippen molar-refractivity contribution in [1.82, 2.24) is 14.7 Å². The molecule has 2 aliphatic heterocycles. The molecule has 94 valence electrons. The Morgan fingerprint density at radius 3 is 2.41 bits per heavy atom. The number of halogens is 1. The van der Waals surface area contributed by atoms with Gasteiger partial charge >= 0.3 is 6.03 Å². The topological polar surface area (TPSA) is 56.2 Å². The van der Waals surface area contributed by atoms with Crippen LogP contribution in [0.1, 0.15) is 13.8 Å². The van der Waals surface area contributed by atoms with Crippen LogP contribution in [0.15, 0.2) is 4.99 Å². The summed E-state index contributed by atoms with van der Waals surface area (Å²) in [6.07, 6.45) is -0.428. The highest BCUT2D eigenvalue weighted by molar-refractivity contribution is 9.18. The Morgan fingerprint density at radius 2 is 1.88 bits per heavy atom. The fourth-order valence-electron chi connectivity index (χ4n) is 2.23. The van der Waals surface area contributed by atoms with Gasteiger partial charge in [0.2, 0.25) is 0 Å². The van der Waals surface area contributed by atoms with Crippen LogP contribution in [0, 0.1) is 0 Å². The van der Waals surface area contributed by atoms with Crippen molar-refractivity contribution in [3.8, 4) is 0 Å². The third-order valence-electron chi connectivity index (χ3n) is 3.16. The van der Waals surface area contributed by atoms with Crippen LogP contribution in [0.25, 0.3) is 0 Å². The number of aliphatic imine (C=N–C) groups is 1. The summed E-state index contributed by atoms with van der Waals surface area (Å²) in [5, 5.41) is 0. The first-order valence-electron chi connectivity index (χ1n) is 5.42. The molecule has 0 aromatic carbocycles. The number of urea groups is 1. The Balaban J connectivity index is 2.40. The molecule has 0 spiro atoms. The number of imide groups is 1. The predicted molar refractivity (Wildman–Crippen MR) is 66.8 cm³/mol. The van der Waals surface area contributed by atoms with E-state index in [-0.39, 0.29) is 18.0 Å². The summed E-state index contributed by atoms with van der Waals surface area (Å²) < 4.78 is 0.630. The highest BCUT2D eigenvalue weighted by Gasteiger charge is 2.51. The van der Waals surface area contributed by atoms with Gasteiger partial charge in [0.1, 0.15) is 0 Å². The number of likely N-dealkylation sites (N-methyl/N-ethyl adjacent to an activating group) is 2. The molecular formula is C10H15BrN4O2. The minimum Gasteiger partial charge on any atom is -0.333 e. The largest absolute Gasteiger partial charge is 0.333 e. The predicted octanol–water partition coefficient (Wildman–Crippen LogP) is 0.680. The Labute approximate surface area is 108 Å². The third-order valence-corrected chi connectivity index (χ3v) is 3.77. The van der Waals surface area contributed by atoms with E-state index < -0.39 is 12.2 Å². The molecule has 2 aliphatic rings. The second kappa shape index (κ2) is 3.97. The second-order valence-corrected chi connectivity index (χ2v) is 5.26. The SMILES string of the molecule is CC(C)N1C(Br)=N[C@@H]2[C@@H]1C(=O)N(C)C(=O)N2C. The van der Waals surface area contributed by atoms with Gasteiger partial charge in [-0.25, -0.2) is 9.79 Å². The van der Waals surface area contributed by atoms with Crippen LogP contribution in [0.4, 0.5) is 4.79 Å². The van der Waals surface area contributed by atoms with Crippen molar-refractivity contribution in [2.45, 2.75) is 32.1 Å². The lowest BCUT2D eigenvalue weighted by molar-refractivity contribution is -0.136. The molecule has 0 unspecified atom stereocenters. The van der Waals surface area contributed by atoms with Crippen LogP contribution in [-0.4, -0.2) is 63.7 Å². The maximum Gasteiger partial charge on any atom is 0.328 e. The van der Waals surface area contributed by atoms with Crippen molar-refractivity contribution in [2.75, 3.05) is 14.1 Å². The first-order chi connectivity index (χ1) is 7.86. The zero-order chi connectivity index (χ0) is 12.9. The van der Waals surface area contributed by atoms with Gasteiger partial charge in [0.05, 0.1) is 0 Å². The fraction of sp³-hybridized carbons (Fsp3) is 0.700. The van der Waals surface area contributed by atoms with Crippen molar-refractivity contribution in [3.63, 3.8) is 0 Å². The standard InChI is InChI=1S/C10H15BrN4O2/c1-5(2)15-6-7(12-9(15)11)13(3)10(17)14(4)8(6)16/h5-7H,1-4H3/t6-,7+/m1/s1. The van der Waals surface area contributed by atoms with Gasteiger partial charge in [0.15, 0.2) is 17.0 Å². The second-order valence-electron chi connectivity index (χ2n) is 4.55. The number of carbonyl (C=O) groups is 2. The van der Waals surface area contributed by atoms with E-state index in [9.17, 15) is 9.59 Å². The third kappa shape index (κ3) is 1.64. The molecule has 17 heavy (non-hydrogen) atoms. The molecule has 0 radical (unpaired) electrons. The molecule has 3 amide bonds. The molecule has 0 aliphatic carbocycles. The monoisotopic (exact) mass is 302 g/mol. The van der Waals surface area contributed by atoms with E-state index in [2.05, 4.69) is 20.9 Å². The van der Waals surface area contributed by atoms with Crippen molar-refractivity contribution in [3.05, 3.63) is 0 Å². The van der Waals surface area contributed by atoms with Crippen LogP contribution in [0.3, 0.4) is 0 Å². The lowest BCUT2D eigenvalue weighted by Gasteiger charge is -2.41. The molecular weight excluding hydrogens is 288 g/mol. The molecule has 1 saturated heterocycles. The Bertz CT molecular complexity index is 409. The van der Waals surface area contributed by atoms with Crippen LogP contribution in [0.5, 0.6) is 0 Å².